The SMILES string of the molecule is CC1(C)C[C@@H]2CCCNc3cccc(n3)S(=O)(=O)NC(=O)c3ccc(N4CCN(CC(C)(C)C(F)(F)F)C4=O)nc3N1C2. The molecule has 234 valence electrons. The maximum atomic E-state index is 13.5. The van der Waals surface area contributed by atoms with Crippen LogP contribution in [0.15, 0.2) is 35.4 Å². The molecule has 3 aliphatic rings. The summed E-state index contributed by atoms with van der Waals surface area (Å²) in [6.45, 7) is 6.93. The molecule has 2 aromatic rings. The number of hydrogen-bond acceptors (Lipinski definition) is 8. The molecule has 3 amide bonds. The monoisotopic (exact) mass is 623 g/mol. The molecule has 1 atom stereocenters. The second kappa shape index (κ2) is 10.8. The van der Waals surface area contributed by atoms with Crippen molar-refractivity contribution >= 4 is 39.4 Å². The van der Waals surface area contributed by atoms with Crippen LogP contribution >= 0.6 is 0 Å². The van der Waals surface area contributed by atoms with E-state index in [1.807, 2.05) is 18.7 Å². The van der Waals surface area contributed by atoms with Crippen LogP contribution in [-0.4, -0.2) is 79.7 Å². The van der Waals surface area contributed by atoms with E-state index in [2.05, 4.69) is 15.0 Å². The third-order valence-corrected chi connectivity index (χ3v) is 9.60. The van der Waals surface area contributed by atoms with Crippen molar-refractivity contribution in [1.82, 2.24) is 19.6 Å². The van der Waals surface area contributed by atoms with Gasteiger partial charge < -0.3 is 15.1 Å². The van der Waals surface area contributed by atoms with Gasteiger partial charge in [0.1, 0.15) is 17.5 Å². The molecule has 0 aromatic carbocycles. The number of nitrogens with zero attached hydrogens (tertiary/aromatic N) is 5. The minimum atomic E-state index is -4.49. The second-order valence-corrected chi connectivity index (χ2v) is 14.3. The van der Waals surface area contributed by atoms with E-state index >= 15 is 0 Å². The summed E-state index contributed by atoms with van der Waals surface area (Å²) in [7, 11) is -4.35. The summed E-state index contributed by atoms with van der Waals surface area (Å²) >= 11 is 0. The predicted molar refractivity (Wildman–Crippen MR) is 155 cm³/mol. The number of carbonyl (C=O) groups is 2. The summed E-state index contributed by atoms with van der Waals surface area (Å²) < 4.78 is 69.0. The molecule has 3 aliphatic heterocycles. The van der Waals surface area contributed by atoms with Crippen LogP contribution in [0.2, 0.25) is 0 Å². The van der Waals surface area contributed by atoms with E-state index in [9.17, 15) is 31.2 Å². The quantitative estimate of drug-likeness (QED) is 0.520. The smallest absolute Gasteiger partial charge is 0.370 e. The molecule has 0 radical (unpaired) electrons. The molecule has 5 rings (SSSR count). The summed E-state index contributed by atoms with van der Waals surface area (Å²) in [5.41, 5.74) is -2.57. The van der Waals surface area contributed by atoms with Crippen LogP contribution in [0.3, 0.4) is 0 Å². The number of alkyl halides is 3. The summed E-state index contributed by atoms with van der Waals surface area (Å²) in [6, 6.07) is 6.69. The first-order chi connectivity index (χ1) is 20.0. The lowest BCUT2D eigenvalue weighted by Crippen LogP contribution is -2.45. The number of urea groups is 1. The molecule has 15 heteroatoms. The minimum Gasteiger partial charge on any atom is -0.370 e. The number of rotatable bonds is 3. The minimum absolute atomic E-state index is 0.00749. The average molecular weight is 624 g/mol. The van der Waals surface area contributed by atoms with Crippen LogP contribution in [0.1, 0.15) is 57.3 Å². The maximum Gasteiger partial charge on any atom is 0.395 e. The van der Waals surface area contributed by atoms with Crippen molar-refractivity contribution in [2.45, 2.75) is 63.7 Å². The first kappa shape index (κ1) is 30.8. The first-order valence-corrected chi connectivity index (χ1v) is 15.7. The molecule has 5 heterocycles. The number of sulfonamides is 1. The molecular weight excluding hydrogens is 587 g/mol. The molecule has 2 fully saturated rings. The molecular formula is C28H36F3N7O4S. The van der Waals surface area contributed by atoms with E-state index in [4.69, 9.17) is 4.98 Å². The Bertz CT molecular complexity index is 1530. The van der Waals surface area contributed by atoms with E-state index in [0.717, 1.165) is 38.0 Å². The van der Waals surface area contributed by atoms with Crippen molar-refractivity contribution in [2.75, 3.05) is 47.8 Å². The number of nitrogens with one attached hydrogen (secondary N) is 2. The van der Waals surface area contributed by atoms with Crippen LogP contribution < -0.4 is 19.8 Å². The molecule has 0 aliphatic carbocycles. The lowest BCUT2D eigenvalue weighted by atomic mass is 9.92. The lowest BCUT2D eigenvalue weighted by Gasteiger charge is -2.34. The first-order valence-electron chi connectivity index (χ1n) is 14.2. The Kier molecular flexibility index (Phi) is 7.76. The van der Waals surface area contributed by atoms with Crippen LogP contribution in [0, 0.1) is 11.3 Å². The zero-order valence-corrected chi connectivity index (χ0v) is 25.3. The predicted octanol–water partition coefficient (Wildman–Crippen LogP) is 4.24. The third kappa shape index (κ3) is 6.08. The fourth-order valence-electron chi connectivity index (χ4n) is 5.93. The van der Waals surface area contributed by atoms with Crippen molar-refractivity contribution < 1.29 is 31.2 Å². The van der Waals surface area contributed by atoms with E-state index in [1.54, 1.807) is 6.07 Å². The topological polar surface area (TPSA) is 128 Å². The standard InChI is InChI=1S/C28H36F3N7O4S/c1-26(2,28(29,30)31)17-36-13-14-37(25(36)40)21-11-10-19-23(34-21)38-16-18(15-27(38,3)4)7-6-12-32-20-8-5-9-22(33-20)43(41,42)35-24(19)39/h5,8-11,18H,6-7,12-17H2,1-4H3,(H,32,33)(H,35,39)/t18-/m0/s1. The summed E-state index contributed by atoms with van der Waals surface area (Å²) in [6.07, 6.45) is -2.04. The van der Waals surface area contributed by atoms with Gasteiger partial charge >= 0.3 is 12.2 Å². The van der Waals surface area contributed by atoms with Crippen molar-refractivity contribution in [3.8, 4) is 0 Å². The highest BCUT2D eigenvalue weighted by atomic mass is 32.2. The van der Waals surface area contributed by atoms with Crippen molar-refractivity contribution in [2.24, 2.45) is 11.3 Å². The average Bonchev–Trinajstić information content (AvgIpc) is 3.42. The Hall–Kier alpha value is -3.62. The lowest BCUT2D eigenvalue weighted by molar-refractivity contribution is -0.214. The van der Waals surface area contributed by atoms with E-state index in [0.29, 0.717) is 18.9 Å². The number of halogens is 3. The highest BCUT2D eigenvalue weighted by Crippen LogP contribution is 2.41. The molecule has 4 bridgehead atoms. The van der Waals surface area contributed by atoms with E-state index in [-0.39, 0.29) is 41.2 Å². The zero-order chi connectivity index (χ0) is 31.4. The van der Waals surface area contributed by atoms with Crippen LogP contribution in [0.5, 0.6) is 0 Å². The number of carbonyl (C=O) groups excluding carboxylic acids is 2. The Morgan fingerprint density at radius 1 is 1.07 bits per heavy atom. The van der Waals surface area contributed by atoms with Gasteiger partial charge in [0.2, 0.25) is 0 Å². The van der Waals surface area contributed by atoms with Gasteiger partial charge in [-0.3, -0.25) is 9.69 Å². The van der Waals surface area contributed by atoms with Crippen LogP contribution in [0.4, 0.5) is 35.4 Å². The van der Waals surface area contributed by atoms with E-state index < -0.39 is 45.6 Å². The number of pyridine rings is 2. The van der Waals surface area contributed by atoms with Gasteiger partial charge in [0.25, 0.3) is 15.9 Å². The van der Waals surface area contributed by atoms with Crippen molar-refractivity contribution in [3.05, 3.63) is 35.9 Å². The number of fused-ring (bicyclic) bond motifs is 6. The Labute approximate surface area is 248 Å². The summed E-state index contributed by atoms with van der Waals surface area (Å²) in [5.74, 6) is 0.0921. The highest BCUT2D eigenvalue weighted by molar-refractivity contribution is 7.90. The summed E-state index contributed by atoms with van der Waals surface area (Å²) in [5, 5.41) is 2.83. The normalized spacial score (nSPS) is 22.4. The number of aromatic nitrogens is 2. The molecule has 0 unspecified atom stereocenters. The maximum absolute atomic E-state index is 13.5. The van der Waals surface area contributed by atoms with E-state index in [1.165, 1.54) is 29.2 Å². The number of anilines is 3. The molecule has 2 N–H and O–H groups in total. The fraction of sp³-hybridized carbons (Fsp3) is 0.571. The largest absolute Gasteiger partial charge is 0.395 e. The van der Waals surface area contributed by atoms with Crippen molar-refractivity contribution in [3.63, 3.8) is 0 Å². The molecule has 43 heavy (non-hydrogen) atoms. The molecule has 11 nitrogen and oxygen atoms in total. The Morgan fingerprint density at radius 2 is 1.81 bits per heavy atom. The molecule has 2 aromatic heterocycles. The van der Waals surface area contributed by atoms with Crippen LogP contribution in [0.25, 0.3) is 0 Å². The van der Waals surface area contributed by atoms with Gasteiger partial charge in [-0.1, -0.05) is 6.07 Å². The van der Waals surface area contributed by atoms with Gasteiger partial charge in [-0.25, -0.2) is 19.5 Å². The van der Waals surface area contributed by atoms with Crippen molar-refractivity contribution in [1.29, 1.82) is 0 Å². The van der Waals surface area contributed by atoms with Gasteiger partial charge in [0, 0.05) is 38.3 Å². The number of hydrogen-bond donors (Lipinski definition) is 2. The van der Waals surface area contributed by atoms with Gasteiger partial charge in [0.15, 0.2) is 5.03 Å². The Balaban J connectivity index is 1.52. The third-order valence-electron chi connectivity index (χ3n) is 8.37. The van der Waals surface area contributed by atoms with Gasteiger partial charge in [-0.15, -0.1) is 0 Å². The Morgan fingerprint density at radius 3 is 2.53 bits per heavy atom. The second-order valence-electron chi connectivity index (χ2n) is 12.6. The van der Waals surface area contributed by atoms with Gasteiger partial charge in [0.05, 0.1) is 11.0 Å². The molecule has 0 spiro atoms. The van der Waals surface area contributed by atoms with Gasteiger partial charge in [-0.2, -0.15) is 21.6 Å². The molecule has 2 saturated heterocycles. The molecule has 0 saturated carbocycles. The van der Waals surface area contributed by atoms with Crippen LogP contribution in [-0.2, 0) is 10.0 Å². The highest BCUT2D eigenvalue weighted by Gasteiger charge is 2.50. The van der Waals surface area contributed by atoms with Gasteiger partial charge in [-0.05, 0) is 77.1 Å². The zero-order valence-electron chi connectivity index (χ0n) is 24.5. The fourth-order valence-corrected chi connectivity index (χ4v) is 6.87. The summed E-state index contributed by atoms with van der Waals surface area (Å²) in [4.78, 5) is 40.1. The number of amides is 3.